The van der Waals surface area contributed by atoms with Gasteiger partial charge in [0.15, 0.2) is 0 Å². The maximum Gasteiger partial charge on any atom is 0.339 e. The molecule has 0 amide bonds. The van der Waals surface area contributed by atoms with Crippen LogP contribution < -0.4 is 9.47 Å². The van der Waals surface area contributed by atoms with Crippen molar-refractivity contribution in [2.24, 2.45) is 0 Å². The van der Waals surface area contributed by atoms with E-state index in [-0.39, 0.29) is 17.9 Å². The Morgan fingerprint density at radius 1 is 1.40 bits per heavy atom. The van der Waals surface area contributed by atoms with Crippen molar-refractivity contribution in [3.63, 3.8) is 0 Å². The van der Waals surface area contributed by atoms with E-state index >= 15 is 0 Å². The molecule has 0 aliphatic heterocycles. The van der Waals surface area contributed by atoms with Gasteiger partial charge in [-0.3, -0.25) is 4.98 Å². The fourth-order valence-electron chi connectivity index (χ4n) is 1.60. The van der Waals surface area contributed by atoms with Crippen molar-refractivity contribution >= 4 is 17.6 Å². The van der Waals surface area contributed by atoms with Gasteiger partial charge < -0.3 is 14.6 Å². The zero-order chi connectivity index (χ0) is 14.5. The van der Waals surface area contributed by atoms with Gasteiger partial charge in [-0.15, -0.1) is 0 Å². The van der Waals surface area contributed by atoms with Gasteiger partial charge in [-0.1, -0.05) is 11.6 Å². The van der Waals surface area contributed by atoms with Crippen LogP contribution in [0.15, 0.2) is 36.7 Å². The van der Waals surface area contributed by atoms with Crippen LogP contribution in [0.3, 0.4) is 0 Å². The molecule has 0 bridgehead atoms. The molecule has 20 heavy (non-hydrogen) atoms. The Morgan fingerprint density at radius 2 is 2.20 bits per heavy atom. The molecule has 104 valence electrons. The van der Waals surface area contributed by atoms with Crippen molar-refractivity contribution in [2.45, 2.75) is 6.61 Å². The van der Waals surface area contributed by atoms with E-state index in [9.17, 15) is 4.79 Å². The predicted molar refractivity (Wildman–Crippen MR) is 73.5 cm³/mol. The molecule has 0 saturated carbocycles. The molecular weight excluding hydrogens is 282 g/mol. The molecule has 0 spiro atoms. The molecule has 0 aliphatic rings. The Balaban J connectivity index is 2.24. The van der Waals surface area contributed by atoms with Crippen LogP contribution in [0.5, 0.6) is 11.5 Å². The number of benzene rings is 1. The zero-order valence-electron chi connectivity index (χ0n) is 10.7. The van der Waals surface area contributed by atoms with Crippen LogP contribution in [0.25, 0.3) is 0 Å². The number of ether oxygens (including phenoxy) is 2. The number of aromatic nitrogens is 1. The van der Waals surface area contributed by atoms with Gasteiger partial charge in [0.25, 0.3) is 0 Å². The number of carbonyl (C=O) groups is 1. The minimum atomic E-state index is -1.07. The molecule has 2 rings (SSSR count). The third kappa shape index (κ3) is 3.19. The summed E-state index contributed by atoms with van der Waals surface area (Å²) in [5, 5.41) is 9.59. The van der Waals surface area contributed by atoms with Crippen molar-refractivity contribution in [1.82, 2.24) is 4.98 Å². The van der Waals surface area contributed by atoms with Crippen LogP contribution in [0.4, 0.5) is 0 Å². The molecule has 0 radical (unpaired) electrons. The number of hydrogen-bond acceptors (Lipinski definition) is 4. The first-order valence-electron chi connectivity index (χ1n) is 5.74. The van der Waals surface area contributed by atoms with Crippen LogP contribution >= 0.6 is 11.6 Å². The van der Waals surface area contributed by atoms with Gasteiger partial charge in [-0.2, -0.15) is 0 Å². The lowest BCUT2D eigenvalue weighted by Gasteiger charge is -2.11. The fraction of sp³-hybridized carbons (Fsp3) is 0.143. The first-order chi connectivity index (χ1) is 9.61. The lowest BCUT2D eigenvalue weighted by molar-refractivity contribution is 0.0691. The lowest BCUT2D eigenvalue weighted by Crippen LogP contribution is -2.04. The number of pyridine rings is 1. The van der Waals surface area contributed by atoms with Crippen molar-refractivity contribution in [1.29, 1.82) is 0 Å². The molecule has 1 N–H and O–H groups in total. The number of carboxylic acids is 1. The second-order valence-corrected chi connectivity index (χ2v) is 4.33. The lowest BCUT2D eigenvalue weighted by atomic mass is 10.2. The zero-order valence-corrected chi connectivity index (χ0v) is 11.4. The van der Waals surface area contributed by atoms with Gasteiger partial charge >= 0.3 is 5.97 Å². The summed E-state index contributed by atoms with van der Waals surface area (Å²) >= 11 is 5.97. The Hall–Kier alpha value is -2.27. The first-order valence-corrected chi connectivity index (χ1v) is 6.12. The summed E-state index contributed by atoms with van der Waals surface area (Å²) in [7, 11) is 1.50. The van der Waals surface area contributed by atoms with E-state index in [0.29, 0.717) is 10.8 Å². The normalized spacial score (nSPS) is 10.1. The van der Waals surface area contributed by atoms with Gasteiger partial charge in [0.05, 0.1) is 12.1 Å². The second-order valence-electron chi connectivity index (χ2n) is 3.92. The number of rotatable bonds is 5. The minimum absolute atomic E-state index is 0.0657. The maximum atomic E-state index is 11.1. The standard InChI is InChI=1S/C14H12ClNO4/c1-19-10-2-3-11(14(17)18)13(6-10)20-8-9-4-5-16-7-12(9)15/h2-7H,8H2,1H3,(H,17,18). The van der Waals surface area contributed by atoms with Crippen molar-refractivity contribution < 1.29 is 19.4 Å². The number of carboxylic acid groups (broad SMARTS) is 1. The van der Waals surface area contributed by atoms with E-state index in [2.05, 4.69) is 4.98 Å². The first kappa shape index (κ1) is 14.1. The summed E-state index contributed by atoms with van der Waals surface area (Å²) in [6, 6.07) is 6.24. The third-order valence-corrected chi connectivity index (χ3v) is 3.00. The molecule has 1 heterocycles. The number of methoxy groups -OCH3 is 1. The Kier molecular flexibility index (Phi) is 4.42. The molecule has 0 atom stereocenters. The molecule has 6 heteroatoms. The Bertz CT molecular complexity index is 630. The van der Waals surface area contributed by atoms with Crippen LogP contribution in [0, 0.1) is 0 Å². The maximum absolute atomic E-state index is 11.1. The van der Waals surface area contributed by atoms with Crippen LogP contribution in [-0.4, -0.2) is 23.2 Å². The summed E-state index contributed by atoms with van der Waals surface area (Å²) in [6.45, 7) is 0.148. The molecule has 2 aromatic rings. The molecule has 0 saturated heterocycles. The molecule has 0 fully saturated rings. The summed E-state index contributed by atoms with van der Waals surface area (Å²) < 4.78 is 10.6. The fourth-order valence-corrected chi connectivity index (χ4v) is 1.78. The van der Waals surface area contributed by atoms with Crippen molar-refractivity contribution in [2.75, 3.05) is 7.11 Å². The van der Waals surface area contributed by atoms with E-state index in [1.54, 1.807) is 18.3 Å². The Labute approximate surface area is 120 Å². The number of halogens is 1. The van der Waals surface area contributed by atoms with Crippen molar-refractivity contribution in [3.05, 3.63) is 52.8 Å². The SMILES string of the molecule is COc1ccc(C(=O)O)c(OCc2ccncc2Cl)c1. The summed E-state index contributed by atoms with van der Waals surface area (Å²) in [5.74, 6) is -0.320. The van der Waals surface area contributed by atoms with Crippen LogP contribution in [-0.2, 0) is 6.61 Å². The highest BCUT2D eigenvalue weighted by Gasteiger charge is 2.13. The predicted octanol–water partition coefficient (Wildman–Crippen LogP) is 3.02. The molecular formula is C14H12ClNO4. The van der Waals surface area contributed by atoms with Gasteiger partial charge in [0, 0.05) is 24.0 Å². The smallest absolute Gasteiger partial charge is 0.339 e. The van der Waals surface area contributed by atoms with Crippen LogP contribution in [0.2, 0.25) is 5.02 Å². The minimum Gasteiger partial charge on any atom is -0.497 e. The molecule has 5 nitrogen and oxygen atoms in total. The Morgan fingerprint density at radius 3 is 2.85 bits per heavy atom. The molecule has 1 aromatic heterocycles. The van der Waals surface area contributed by atoms with Gasteiger partial charge in [-0.25, -0.2) is 4.79 Å². The summed E-state index contributed by atoms with van der Waals surface area (Å²) in [4.78, 5) is 15.0. The summed E-state index contributed by atoms with van der Waals surface area (Å²) in [6.07, 6.45) is 3.10. The highest BCUT2D eigenvalue weighted by Crippen LogP contribution is 2.26. The van der Waals surface area contributed by atoms with E-state index in [4.69, 9.17) is 26.2 Å². The molecule has 0 unspecified atom stereocenters. The van der Waals surface area contributed by atoms with E-state index in [1.165, 1.54) is 25.4 Å². The van der Waals surface area contributed by atoms with Gasteiger partial charge in [0.1, 0.15) is 23.7 Å². The highest BCUT2D eigenvalue weighted by molar-refractivity contribution is 6.31. The highest BCUT2D eigenvalue weighted by atomic mass is 35.5. The van der Waals surface area contributed by atoms with Gasteiger partial charge in [-0.05, 0) is 18.2 Å². The largest absolute Gasteiger partial charge is 0.497 e. The van der Waals surface area contributed by atoms with Gasteiger partial charge in [0.2, 0.25) is 0 Å². The number of hydrogen-bond donors (Lipinski definition) is 1. The van der Waals surface area contributed by atoms with E-state index in [0.717, 1.165) is 5.56 Å². The third-order valence-electron chi connectivity index (χ3n) is 2.66. The number of nitrogens with zero attached hydrogens (tertiary/aromatic N) is 1. The average molecular weight is 294 g/mol. The molecule has 1 aromatic carbocycles. The monoisotopic (exact) mass is 293 g/mol. The second kappa shape index (κ2) is 6.25. The van der Waals surface area contributed by atoms with E-state index in [1.807, 2.05) is 0 Å². The number of aromatic carboxylic acids is 1. The van der Waals surface area contributed by atoms with Crippen LogP contribution in [0.1, 0.15) is 15.9 Å². The molecule has 0 aliphatic carbocycles. The van der Waals surface area contributed by atoms with Crippen molar-refractivity contribution in [3.8, 4) is 11.5 Å². The summed E-state index contributed by atoms with van der Waals surface area (Å²) in [5.41, 5.74) is 0.789. The topological polar surface area (TPSA) is 68.7 Å². The van der Waals surface area contributed by atoms with E-state index < -0.39 is 5.97 Å². The average Bonchev–Trinajstić information content (AvgIpc) is 2.46. The quantitative estimate of drug-likeness (QED) is 0.917.